The molecule has 0 spiro atoms. The van der Waals surface area contributed by atoms with Crippen LogP contribution in [0.4, 0.5) is 21.0 Å². The molecule has 0 fully saturated rings. The van der Waals surface area contributed by atoms with E-state index in [-0.39, 0.29) is 17.3 Å². The number of anilines is 2. The first kappa shape index (κ1) is 33.6. The molecule has 0 saturated carbocycles. The SMILES string of the molecule is CS(=O)(=O)c1ccccc1-c1ccc(NC(=O)N(Cc2ccccc2)Nc2cccc(C(=N)NC(=O)OCC(Cl)(Cl)Cl)c2)cc1. The molecule has 4 aromatic carbocycles. The molecule has 0 radical (unpaired) electrons. The van der Waals surface area contributed by atoms with Crippen LogP contribution in [0.25, 0.3) is 11.1 Å². The maximum Gasteiger partial charge on any atom is 0.412 e. The summed E-state index contributed by atoms with van der Waals surface area (Å²) in [5, 5.41) is 14.7. The van der Waals surface area contributed by atoms with Crippen LogP contribution in [0.1, 0.15) is 11.1 Å². The second-order valence-corrected chi connectivity index (χ2v) is 14.2. The molecule has 0 aromatic heterocycles. The number of benzene rings is 4. The maximum atomic E-state index is 13.5. The van der Waals surface area contributed by atoms with E-state index in [9.17, 15) is 18.0 Å². The predicted octanol–water partition coefficient (Wildman–Crippen LogP) is 7.24. The first-order valence-corrected chi connectivity index (χ1v) is 16.3. The quantitative estimate of drug-likeness (QED) is 0.0633. The van der Waals surface area contributed by atoms with Crippen LogP contribution in [0.5, 0.6) is 0 Å². The average molecular weight is 689 g/mol. The molecule has 45 heavy (non-hydrogen) atoms. The zero-order valence-corrected chi connectivity index (χ0v) is 26.8. The van der Waals surface area contributed by atoms with Crippen LogP contribution >= 0.6 is 34.8 Å². The fraction of sp³-hybridized carbons (Fsp3) is 0.129. The highest BCUT2D eigenvalue weighted by molar-refractivity contribution is 7.90. The van der Waals surface area contributed by atoms with Gasteiger partial charge >= 0.3 is 12.1 Å². The van der Waals surface area contributed by atoms with Gasteiger partial charge in [-0.3, -0.25) is 16.2 Å². The second kappa shape index (κ2) is 14.7. The number of hydrogen-bond acceptors (Lipinski definition) is 7. The van der Waals surface area contributed by atoms with E-state index in [0.717, 1.165) is 11.8 Å². The van der Waals surface area contributed by atoms with Gasteiger partial charge in [0.1, 0.15) is 12.4 Å². The van der Waals surface area contributed by atoms with Crippen molar-refractivity contribution in [3.05, 3.63) is 114 Å². The molecule has 10 nitrogen and oxygen atoms in total. The molecule has 3 amide bonds. The number of ether oxygens (including phenoxy) is 1. The summed E-state index contributed by atoms with van der Waals surface area (Å²) in [5.74, 6) is -0.274. The number of carbonyl (C=O) groups is 2. The fourth-order valence-electron chi connectivity index (χ4n) is 4.14. The number of amides is 3. The van der Waals surface area contributed by atoms with Crippen LogP contribution in [0.3, 0.4) is 0 Å². The van der Waals surface area contributed by atoms with Crippen LogP contribution in [-0.2, 0) is 21.1 Å². The van der Waals surface area contributed by atoms with Crippen molar-refractivity contribution in [3.63, 3.8) is 0 Å². The molecule has 4 aromatic rings. The number of alkyl halides is 3. The Kier molecular flexibility index (Phi) is 10.9. The van der Waals surface area contributed by atoms with Crippen molar-refractivity contribution in [2.45, 2.75) is 15.2 Å². The number of hydrazine groups is 1. The van der Waals surface area contributed by atoms with E-state index in [1.807, 2.05) is 30.3 Å². The molecule has 0 heterocycles. The molecular formula is C31H28Cl3N5O5S. The highest BCUT2D eigenvalue weighted by atomic mass is 35.6. The number of nitrogens with zero attached hydrogens (tertiary/aromatic N) is 1. The van der Waals surface area contributed by atoms with Crippen molar-refractivity contribution in [2.75, 3.05) is 23.6 Å². The Hall–Kier alpha value is -4.29. The summed E-state index contributed by atoms with van der Waals surface area (Å²) in [4.78, 5) is 25.7. The molecule has 14 heteroatoms. The van der Waals surface area contributed by atoms with E-state index in [1.165, 1.54) is 5.01 Å². The Morgan fingerprint density at radius 2 is 1.53 bits per heavy atom. The summed E-state index contributed by atoms with van der Waals surface area (Å²) < 4.78 is 27.5. The zero-order valence-electron chi connectivity index (χ0n) is 23.8. The van der Waals surface area contributed by atoms with Crippen LogP contribution in [0.2, 0.25) is 0 Å². The summed E-state index contributed by atoms with van der Waals surface area (Å²) >= 11 is 16.8. The first-order valence-electron chi connectivity index (χ1n) is 13.3. The van der Waals surface area contributed by atoms with Crippen molar-refractivity contribution < 1.29 is 22.7 Å². The van der Waals surface area contributed by atoms with Crippen LogP contribution in [0, 0.1) is 5.41 Å². The number of amidine groups is 1. The van der Waals surface area contributed by atoms with Crippen LogP contribution < -0.4 is 16.1 Å². The van der Waals surface area contributed by atoms with Gasteiger partial charge in [0.05, 0.1) is 17.1 Å². The van der Waals surface area contributed by atoms with Crippen molar-refractivity contribution in [3.8, 4) is 11.1 Å². The van der Waals surface area contributed by atoms with Gasteiger partial charge < -0.3 is 10.1 Å². The Morgan fingerprint density at radius 1 is 0.867 bits per heavy atom. The molecule has 0 aliphatic carbocycles. The van der Waals surface area contributed by atoms with Crippen molar-refractivity contribution in [2.24, 2.45) is 0 Å². The number of nitrogens with one attached hydrogen (secondary N) is 4. The lowest BCUT2D eigenvalue weighted by atomic mass is 10.1. The van der Waals surface area contributed by atoms with Gasteiger partial charge in [0, 0.05) is 23.1 Å². The lowest BCUT2D eigenvalue weighted by molar-refractivity contribution is 0.154. The normalized spacial score (nSPS) is 11.3. The van der Waals surface area contributed by atoms with Crippen LogP contribution in [0.15, 0.2) is 108 Å². The van der Waals surface area contributed by atoms with Crippen molar-refractivity contribution in [1.82, 2.24) is 10.3 Å². The van der Waals surface area contributed by atoms with Gasteiger partial charge in [-0.05, 0) is 41.5 Å². The molecule has 0 atom stereocenters. The molecule has 0 aliphatic rings. The smallest absolute Gasteiger partial charge is 0.412 e. The summed E-state index contributed by atoms with van der Waals surface area (Å²) in [6.45, 7) is -0.325. The molecule has 0 aliphatic heterocycles. The molecule has 0 saturated heterocycles. The monoisotopic (exact) mass is 687 g/mol. The van der Waals surface area contributed by atoms with Crippen LogP contribution in [-0.4, -0.2) is 48.0 Å². The Morgan fingerprint density at radius 3 is 2.20 bits per heavy atom. The van der Waals surface area contributed by atoms with E-state index in [0.29, 0.717) is 28.1 Å². The number of halogens is 3. The third-order valence-corrected chi connectivity index (χ3v) is 7.65. The van der Waals surface area contributed by atoms with E-state index in [1.54, 1.807) is 72.8 Å². The zero-order chi connectivity index (χ0) is 32.6. The topological polar surface area (TPSA) is 141 Å². The maximum absolute atomic E-state index is 13.5. The van der Waals surface area contributed by atoms with Crippen molar-refractivity contribution in [1.29, 1.82) is 5.41 Å². The summed E-state index contributed by atoms with van der Waals surface area (Å²) in [7, 11) is -3.44. The third-order valence-electron chi connectivity index (χ3n) is 6.17. The Bertz CT molecular complexity index is 1780. The number of sulfone groups is 1. The number of rotatable bonds is 9. The van der Waals surface area contributed by atoms with Gasteiger partial charge in [-0.15, -0.1) is 0 Å². The molecule has 0 bridgehead atoms. The second-order valence-electron chi connectivity index (χ2n) is 9.73. The van der Waals surface area contributed by atoms with E-state index in [2.05, 4.69) is 16.1 Å². The van der Waals surface area contributed by atoms with Crippen molar-refractivity contribution >= 4 is 74.0 Å². The van der Waals surface area contributed by atoms with E-state index >= 15 is 0 Å². The first-order chi connectivity index (χ1) is 21.3. The van der Waals surface area contributed by atoms with Gasteiger partial charge in [0.2, 0.25) is 3.79 Å². The average Bonchev–Trinajstić information content (AvgIpc) is 3.00. The van der Waals surface area contributed by atoms with E-state index in [4.69, 9.17) is 44.9 Å². The lowest BCUT2D eigenvalue weighted by Gasteiger charge is -2.25. The highest BCUT2D eigenvalue weighted by Crippen LogP contribution is 2.29. The van der Waals surface area contributed by atoms with Gasteiger partial charge in [0.15, 0.2) is 9.84 Å². The summed E-state index contributed by atoms with van der Waals surface area (Å²) in [6.07, 6.45) is 0.188. The minimum absolute atomic E-state index is 0.176. The minimum atomic E-state index is -3.44. The molecule has 4 rings (SSSR count). The number of alkyl carbamates (subject to hydrolysis) is 1. The Labute approximate surface area is 275 Å². The van der Waals surface area contributed by atoms with Gasteiger partial charge in [-0.25, -0.2) is 23.0 Å². The highest BCUT2D eigenvalue weighted by Gasteiger charge is 2.23. The number of urea groups is 1. The standard InChI is InChI=1S/C31H28Cl3N5O5S/c1-45(42,43)27-13-6-5-12-26(27)22-14-16-24(17-15-22)36-29(40)39(19-21-8-3-2-4-9-21)38-25-11-7-10-23(18-25)28(35)37-30(41)44-20-31(32,33)34/h2-18,38H,19-20H2,1H3,(H,36,40)(H2,35,37,41). The number of carbonyl (C=O) groups excluding carboxylic acids is 2. The van der Waals surface area contributed by atoms with E-state index < -0.39 is 32.4 Å². The molecule has 0 unspecified atom stereocenters. The lowest BCUT2D eigenvalue weighted by Crippen LogP contribution is -2.39. The summed E-state index contributed by atoms with van der Waals surface area (Å²) in [6, 6.07) is 28.9. The number of hydrogen-bond donors (Lipinski definition) is 4. The predicted molar refractivity (Wildman–Crippen MR) is 178 cm³/mol. The van der Waals surface area contributed by atoms with Gasteiger partial charge in [-0.2, -0.15) is 0 Å². The molecule has 4 N–H and O–H groups in total. The fourth-order valence-corrected chi connectivity index (χ4v) is 5.21. The van der Waals surface area contributed by atoms with Gasteiger partial charge in [0.25, 0.3) is 0 Å². The largest absolute Gasteiger partial charge is 0.445 e. The minimum Gasteiger partial charge on any atom is -0.445 e. The Balaban J connectivity index is 1.50. The molecule has 234 valence electrons. The van der Waals surface area contributed by atoms with Gasteiger partial charge in [-0.1, -0.05) is 108 Å². The summed E-state index contributed by atoms with van der Waals surface area (Å²) in [5.41, 5.74) is 6.39. The third kappa shape index (κ3) is 10.1. The molecular weight excluding hydrogens is 661 g/mol.